The van der Waals surface area contributed by atoms with Crippen LogP contribution in [0.4, 0.5) is 0 Å². The summed E-state index contributed by atoms with van der Waals surface area (Å²) in [5, 5.41) is 0. The molecular weight excluding hydrogens is 524 g/mol. The maximum atomic E-state index is 12.5. The van der Waals surface area contributed by atoms with Gasteiger partial charge in [0.25, 0.3) is 0 Å². The first-order valence-corrected chi connectivity index (χ1v) is 12.9. The second-order valence-corrected chi connectivity index (χ2v) is 10.1. The Morgan fingerprint density at radius 1 is 1.17 bits per heavy atom. The molecule has 3 aromatic rings. The molecule has 0 amide bonds. The van der Waals surface area contributed by atoms with E-state index in [0.29, 0.717) is 25.7 Å². The van der Waals surface area contributed by atoms with Crippen LogP contribution in [0.1, 0.15) is 67.8 Å². The maximum Gasteiger partial charge on any atom is 0.309 e. The summed E-state index contributed by atoms with van der Waals surface area (Å²) >= 11 is 3.60. The van der Waals surface area contributed by atoms with Crippen molar-refractivity contribution < 1.29 is 19.1 Å². The number of pyridine rings is 1. The van der Waals surface area contributed by atoms with Crippen molar-refractivity contribution in [1.82, 2.24) is 14.5 Å². The SMILES string of the molecule is CCC(=O)OC1(CC(=O)OCC[C@@H]2N=C(c3ccccn3)c3cc(Br)ccc3-n3c(C)cnc32)CC1. The number of halogens is 1. The molecule has 36 heavy (non-hydrogen) atoms. The second-order valence-electron chi connectivity index (χ2n) is 9.16. The Morgan fingerprint density at radius 3 is 2.72 bits per heavy atom. The molecule has 186 valence electrons. The van der Waals surface area contributed by atoms with Crippen LogP contribution in [0, 0.1) is 6.92 Å². The van der Waals surface area contributed by atoms with Crippen LogP contribution in [-0.4, -0.2) is 44.4 Å². The van der Waals surface area contributed by atoms with Gasteiger partial charge < -0.3 is 9.47 Å². The molecule has 3 heterocycles. The van der Waals surface area contributed by atoms with Gasteiger partial charge in [0, 0.05) is 41.0 Å². The van der Waals surface area contributed by atoms with Crippen molar-refractivity contribution in [1.29, 1.82) is 0 Å². The molecule has 1 saturated carbocycles. The summed E-state index contributed by atoms with van der Waals surface area (Å²) in [6.45, 7) is 3.93. The summed E-state index contributed by atoms with van der Waals surface area (Å²) in [4.78, 5) is 38.6. The third-order valence-corrected chi connectivity index (χ3v) is 6.95. The van der Waals surface area contributed by atoms with Gasteiger partial charge >= 0.3 is 11.9 Å². The largest absolute Gasteiger partial charge is 0.465 e. The van der Waals surface area contributed by atoms with E-state index in [2.05, 4.69) is 30.5 Å². The predicted octanol–water partition coefficient (Wildman–Crippen LogP) is 5.04. The van der Waals surface area contributed by atoms with Crippen molar-refractivity contribution in [3.05, 3.63) is 76.0 Å². The summed E-state index contributed by atoms with van der Waals surface area (Å²) in [5.74, 6) is 0.128. The molecule has 1 atom stereocenters. The Bertz CT molecular complexity index is 1330. The van der Waals surface area contributed by atoms with E-state index < -0.39 is 5.60 Å². The summed E-state index contributed by atoms with van der Waals surface area (Å²) in [6.07, 6.45) is 5.80. The molecule has 0 unspecified atom stereocenters. The molecule has 0 bridgehead atoms. The minimum atomic E-state index is -0.681. The smallest absolute Gasteiger partial charge is 0.309 e. The Balaban J connectivity index is 1.40. The number of hydrogen-bond donors (Lipinski definition) is 0. The van der Waals surface area contributed by atoms with Gasteiger partial charge in [-0.15, -0.1) is 0 Å². The van der Waals surface area contributed by atoms with Gasteiger partial charge in [0.1, 0.15) is 17.5 Å². The molecule has 1 aliphatic heterocycles. The van der Waals surface area contributed by atoms with Crippen LogP contribution in [0.3, 0.4) is 0 Å². The van der Waals surface area contributed by atoms with Crippen molar-refractivity contribution >= 4 is 33.6 Å². The first-order chi connectivity index (χ1) is 17.4. The normalized spacial score (nSPS) is 17.3. The van der Waals surface area contributed by atoms with E-state index in [1.54, 1.807) is 13.1 Å². The van der Waals surface area contributed by atoms with E-state index >= 15 is 0 Å². The maximum absolute atomic E-state index is 12.5. The minimum absolute atomic E-state index is 0.0824. The van der Waals surface area contributed by atoms with Crippen molar-refractivity contribution in [2.45, 2.75) is 57.6 Å². The van der Waals surface area contributed by atoms with Gasteiger partial charge in [-0.2, -0.15) is 0 Å². The predicted molar refractivity (Wildman–Crippen MR) is 137 cm³/mol. The number of benzene rings is 1. The standard InChI is InChI=1S/C27H27BrN4O4/c1-3-23(33)36-27(10-11-27)15-24(34)35-13-9-21-26-30-16-17(2)32(26)22-8-7-18(28)14-19(22)25(31-21)20-6-4-5-12-29-20/h4-8,12,14,16,21H,3,9-11,13,15H2,1-2H3/t21-/m0/s1. The lowest BCUT2D eigenvalue weighted by Crippen LogP contribution is -2.24. The van der Waals surface area contributed by atoms with Gasteiger partial charge in [-0.25, -0.2) is 4.98 Å². The number of rotatable bonds is 8. The first-order valence-electron chi connectivity index (χ1n) is 12.1. The van der Waals surface area contributed by atoms with Gasteiger partial charge in [0.05, 0.1) is 30.1 Å². The fourth-order valence-corrected chi connectivity index (χ4v) is 4.81. The molecule has 2 aliphatic rings. The van der Waals surface area contributed by atoms with Crippen LogP contribution in [0.15, 0.2) is 58.3 Å². The zero-order chi connectivity index (χ0) is 25.3. The van der Waals surface area contributed by atoms with Crippen molar-refractivity contribution in [3.63, 3.8) is 0 Å². The van der Waals surface area contributed by atoms with Crippen LogP contribution in [0.2, 0.25) is 0 Å². The Hall–Kier alpha value is -3.33. The lowest BCUT2D eigenvalue weighted by molar-refractivity contribution is -0.157. The molecule has 0 N–H and O–H groups in total. The molecule has 8 nitrogen and oxygen atoms in total. The van der Waals surface area contributed by atoms with Gasteiger partial charge in [-0.3, -0.25) is 24.1 Å². The Kier molecular flexibility index (Phi) is 6.75. The lowest BCUT2D eigenvalue weighted by Gasteiger charge is -2.17. The van der Waals surface area contributed by atoms with Crippen molar-refractivity contribution in [2.75, 3.05) is 6.61 Å². The van der Waals surface area contributed by atoms with Gasteiger partial charge in [0.15, 0.2) is 0 Å². The third kappa shape index (κ3) is 4.97. The van der Waals surface area contributed by atoms with Crippen LogP contribution < -0.4 is 0 Å². The zero-order valence-electron chi connectivity index (χ0n) is 20.2. The third-order valence-electron chi connectivity index (χ3n) is 6.46. The molecule has 2 aromatic heterocycles. The number of nitrogens with zero attached hydrogens (tertiary/aromatic N) is 4. The number of ether oxygens (including phenoxy) is 2. The zero-order valence-corrected chi connectivity index (χ0v) is 21.8. The monoisotopic (exact) mass is 550 g/mol. The van der Waals surface area contributed by atoms with E-state index in [4.69, 9.17) is 14.5 Å². The summed E-state index contributed by atoms with van der Waals surface area (Å²) in [7, 11) is 0. The highest BCUT2D eigenvalue weighted by atomic mass is 79.9. The van der Waals surface area contributed by atoms with Gasteiger partial charge in [0.2, 0.25) is 0 Å². The fourth-order valence-electron chi connectivity index (χ4n) is 4.45. The van der Waals surface area contributed by atoms with Crippen LogP contribution in [0.5, 0.6) is 0 Å². The van der Waals surface area contributed by atoms with Gasteiger partial charge in [-0.1, -0.05) is 28.9 Å². The highest BCUT2D eigenvalue weighted by Gasteiger charge is 2.48. The van der Waals surface area contributed by atoms with E-state index in [9.17, 15) is 9.59 Å². The number of carbonyl (C=O) groups excluding carboxylic acids is 2. The molecule has 0 radical (unpaired) electrons. The topological polar surface area (TPSA) is 95.7 Å². The van der Waals surface area contributed by atoms with Crippen molar-refractivity contribution in [3.8, 4) is 5.69 Å². The van der Waals surface area contributed by atoms with Gasteiger partial charge in [-0.05, 0) is 50.1 Å². The summed E-state index contributed by atoms with van der Waals surface area (Å²) in [5.41, 5.74) is 3.74. The Labute approximate surface area is 217 Å². The highest BCUT2D eigenvalue weighted by molar-refractivity contribution is 9.10. The molecule has 0 spiro atoms. The number of carbonyl (C=O) groups is 2. The second kappa shape index (κ2) is 9.97. The van der Waals surface area contributed by atoms with E-state index in [0.717, 1.165) is 38.6 Å². The number of esters is 2. The fraction of sp³-hybridized carbons (Fsp3) is 0.370. The molecule has 1 fully saturated rings. The molecule has 9 heteroatoms. The van der Waals surface area contributed by atoms with E-state index in [1.165, 1.54) is 0 Å². The lowest BCUT2D eigenvalue weighted by atomic mass is 10.0. The number of hydrogen-bond acceptors (Lipinski definition) is 7. The summed E-state index contributed by atoms with van der Waals surface area (Å²) < 4.78 is 14.1. The Morgan fingerprint density at radius 2 is 2.00 bits per heavy atom. The number of aliphatic imine (C=N–C) groups is 1. The van der Waals surface area contributed by atoms with E-state index in [1.807, 2.05) is 49.5 Å². The molecular formula is C27H27BrN4O4. The van der Waals surface area contributed by atoms with Crippen LogP contribution in [-0.2, 0) is 19.1 Å². The highest BCUT2D eigenvalue weighted by Crippen LogP contribution is 2.43. The molecule has 1 aromatic carbocycles. The first kappa shape index (κ1) is 24.4. The van der Waals surface area contributed by atoms with Crippen LogP contribution in [0.25, 0.3) is 5.69 Å². The number of aryl methyl sites for hydroxylation is 1. The average Bonchev–Trinajstić information content (AvgIpc) is 3.54. The molecule has 5 rings (SSSR count). The number of aromatic nitrogens is 3. The summed E-state index contributed by atoms with van der Waals surface area (Å²) in [6, 6.07) is 11.5. The quantitative estimate of drug-likeness (QED) is 0.364. The molecule has 0 saturated heterocycles. The number of imidazole rings is 1. The van der Waals surface area contributed by atoms with Crippen LogP contribution >= 0.6 is 15.9 Å². The average molecular weight is 551 g/mol. The molecule has 1 aliphatic carbocycles. The van der Waals surface area contributed by atoms with E-state index in [-0.39, 0.29) is 31.0 Å². The number of fused-ring (bicyclic) bond motifs is 3. The minimum Gasteiger partial charge on any atom is -0.465 e. The van der Waals surface area contributed by atoms with Crippen molar-refractivity contribution in [2.24, 2.45) is 4.99 Å².